The van der Waals surface area contributed by atoms with E-state index in [1.54, 1.807) is 0 Å². The maximum Gasteiger partial charge on any atom is 0.335 e. The number of aromatic carboxylic acids is 1. The first-order valence-electron chi connectivity index (χ1n) is 6.29. The number of nitrogens with zero attached hydrogens (tertiary/aromatic N) is 1. The summed E-state index contributed by atoms with van der Waals surface area (Å²) in [7, 11) is -1.54. The molecule has 0 saturated carbocycles. The zero-order chi connectivity index (χ0) is 14.5. The quantitative estimate of drug-likeness (QED) is 0.877. The maximum absolute atomic E-state index is 13.6. The number of carbonyl (C=O) groups is 1. The topological polar surface area (TPSA) is 66.8 Å². The molecule has 1 aromatic carbocycles. The summed E-state index contributed by atoms with van der Waals surface area (Å²) < 4.78 is 30.9. The number of benzene rings is 1. The Morgan fingerprint density at radius 2 is 2.10 bits per heavy atom. The molecule has 0 spiro atoms. The predicted molar refractivity (Wildman–Crippen MR) is 71.9 cm³/mol. The average Bonchev–Trinajstić information content (AvgIpc) is 2.46. The van der Waals surface area contributed by atoms with E-state index < -0.39 is 22.6 Å². The van der Waals surface area contributed by atoms with E-state index in [0.717, 1.165) is 25.2 Å². The van der Waals surface area contributed by atoms with Gasteiger partial charge in [-0.3, -0.25) is 9.11 Å². The first-order valence-corrected chi connectivity index (χ1v) is 7.61. The van der Waals surface area contributed by atoms with Crippen molar-refractivity contribution in [2.45, 2.75) is 4.90 Å². The third-order valence-electron chi connectivity index (χ3n) is 3.12. The minimum atomic E-state index is -1.54. The Morgan fingerprint density at radius 3 is 2.75 bits per heavy atom. The Kier molecular flexibility index (Phi) is 5.22. The minimum Gasteiger partial charge on any atom is -0.478 e. The molecular weight excluding hydrogens is 285 g/mol. The smallest absolute Gasteiger partial charge is 0.335 e. The summed E-state index contributed by atoms with van der Waals surface area (Å²) >= 11 is 0. The Balaban J connectivity index is 2.00. The van der Waals surface area contributed by atoms with Gasteiger partial charge in [-0.2, -0.15) is 0 Å². The van der Waals surface area contributed by atoms with E-state index in [0.29, 0.717) is 19.8 Å². The van der Waals surface area contributed by atoms with Gasteiger partial charge in [-0.25, -0.2) is 9.18 Å². The maximum atomic E-state index is 13.6. The Hall–Kier alpha value is -1.31. The highest BCUT2D eigenvalue weighted by Gasteiger charge is 2.16. The second-order valence-electron chi connectivity index (χ2n) is 4.45. The Bertz CT molecular complexity index is 517. The Morgan fingerprint density at radius 1 is 1.40 bits per heavy atom. The van der Waals surface area contributed by atoms with Crippen LogP contribution in [0, 0.1) is 5.82 Å². The lowest BCUT2D eigenvalue weighted by Crippen LogP contribution is -2.38. The van der Waals surface area contributed by atoms with E-state index in [9.17, 15) is 13.4 Å². The lowest BCUT2D eigenvalue weighted by atomic mass is 10.2. The van der Waals surface area contributed by atoms with Gasteiger partial charge in [0.25, 0.3) is 0 Å². The van der Waals surface area contributed by atoms with Crippen LogP contribution in [0.4, 0.5) is 4.39 Å². The monoisotopic (exact) mass is 301 g/mol. The van der Waals surface area contributed by atoms with Gasteiger partial charge in [0, 0.05) is 25.4 Å². The fourth-order valence-electron chi connectivity index (χ4n) is 1.96. The highest BCUT2D eigenvalue weighted by molar-refractivity contribution is 7.85. The van der Waals surface area contributed by atoms with E-state index in [1.807, 2.05) is 0 Å². The van der Waals surface area contributed by atoms with Crippen molar-refractivity contribution >= 4 is 16.8 Å². The summed E-state index contributed by atoms with van der Waals surface area (Å²) in [5, 5.41) is 8.87. The number of hydrogen-bond donors (Lipinski definition) is 1. The van der Waals surface area contributed by atoms with Gasteiger partial charge in [-0.1, -0.05) is 0 Å². The highest BCUT2D eigenvalue weighted by Crippen LogP contribution is 2.15. The third-order valence-corrected chi connectivity index (χ3v) is 4.48. The molecule has 1 fully saturated rings. The molecule has 1 aliphatic heterocycles. The first kappa shape index (κ1) is 15.1. The second-order valence-corrected chi connectivity index (χ2v) is 5.99. The molecule has 0 radical (unpaired) electrons. The van der Waals surface area contributed by atoms with Gasteiger partial charge in [-0.15, -0.1) is 0 Å². The summed E-state index contributed by atoms with van der Waals surface area (Å²) in [6.07, 6.45) is 0. The molecule has 1 atom stereocenters. The number of hydrogen-bond acceptors (Lipinski definition) is 4. The van der Waals surface area contributed by atoms with Crippen LogP contribution >= 0.6 is 0 Å². The molecule has 0 aliphatic carbocycles. The van der Waals surface area contributed by atoms with Crippen molar-refractivity contribution in [2.24, 2.45) is 0 Å². The molecule has 5 nitrogen and oxygen atoms in total. The molecule has 1 N–H and O–H groups in total. The number of ether oxygens (including phenoxy) is 1. The van der Waals surface area contributed by atoms with Crippen molar-refractivity contribution < 1.29 is 23.2 Å². The molecule has 0 amide bonds. The second kappa shape index (κ2) is 6.92. The van der Waals surface area contributed by atoms with E-state index in [-0.39, 0.29) is 16.2 Å². The molecule has 20 heavy (non-hydrogen) atoms. The molecule has 0 bridgehead atoms. The first-order chi connectivity index (χ1) is 9.58. The number of carboxylic acids is 1. The van der Waals surface area contributed by atoms with Gasteiger partial charge in [0.2, 0.25) is 0 Å². The van der Waals surface area contributed by atoms with Crippen molar-refractivity contribution in [1.82, 2.24) is 4.90 Å². The molecule has 1 unspecified atom stereocenters. The van der Waals surface area contributed by atoms with Crippen molar-refractivity contribution in [3.63, 3.8) is 0 Å². The van der Waals surface area contributed by atoms with Crippen LogP contribution in [0.3, 0.4) is 0 Å². The normalized spacial score (nSPS) is 17.9. The van der Waals surface area contributed by atoms with Gasteiger partial charge < -0.3 is 9.84 Å². The van der Waals surface area contributed by atoms with Gasteiger partial charge >= 0.3 is 5.97 Å². The van der Waals surface area contributed by atoms with Crippen LogP contribution in [0.5, 0.6) is 0 Å². The van der Waals surface area contributed by atoms with E-state index in [2.05, 4.69) is 4.90 Å². The summed E-state index contributed by atoms with van der Waals surface area (Å²) in [4.78, 5) is 12.9. The summed E-state index contributed by atoms with van der Waals surface area (Å²) in [5.74, 6) is -1.51. The Labute approximate surface area is 118 Å². The SMILES string of the molecule is O=C(O)c1ccc(F)c(S(=O)CCN2CCOCC2)c1. The van der Waals surface area contributed by atoms with Crippen LogP contribution in [0.1, 0.15) is 10.4 Å². The van der Waals surface area contributed by atoms with Gasteiger partial charge in [-0.05, 0) is 18.2 Å². The van der Waals surface area contributed by atoms with Gasteiger partial charge in [0.15, 0.2) is 0 Å². The fourth-order valence-corrected chi connectivity index (χ4v) is 3.15. The van der Waals surface area contributed by atoms with Gasteiger partial charge in [0.05, 0.1) is 34.5 Å². The van der Waals surface area contributed by atoms with E-state index in [4.69, 9.17) is 9.84 Å². The van der Waals surface area contributed by atoms with Crippen LogP contribution in [0.25, 0.3) is 0 Å². The molecule has 2 rings (SSSR count). The van der Waals surface area contributed by atoms with Crippen molar-refractivity contribution in [3.8, 4) is 0 Å². The lowest BCUT2D eigenvalue weighted by Gasteiger charge is -2.26. The summed E-state index contributed by atoms with van der Waals surface area (Å²) in [6, 6.07) is 3.36. The van der Waals surface area contributed by atoms with Crippen LogP contribution in [0.15, 0.2) is 23.1 Å². The molecule has 1 aliphatic rings. The molecule has 7 heteroatoms. The zero-order valence-corrected chi connectivity index (χ0v) is 11.7. The van der Waals surface area contributed by atoms with Crippen molar-refractivity contribution in [2.75, 3.05) is 38.6 Å². The summed E-state index contributed by atoms with van der Waals surface area (Å²) in [5.41, 5.74) is -0.0545. The predicted octanol–water partition coefficient (Wildman–Crippen LogP) is 0.964. The molecule has 110 valence electrons. The van der Waals surface area contributed by atoms with Crippen molar-refractivity contribution in [3.05, 3.63) is 29.6 Å². The van der Waals surface area contributed by atoms with Gasteiger partial charge in [0.1, 0.15) is 5.82 Å². The fraction of sp³-hybridized carbons (Fsp3) is 0.462. The zero-order valence-electron chi connectivity index (χ0n) is 10.9. The molecule has 1 heterocycles. The molecular formula is C13H16FNO4S. The van der Waals surface area contributed by atoms with Crippen LogP contribution < -0.4 is 0 Å². The minimum absolute atomic E-state index is 0.0434. The third kappa shape index (κ3) is 3.84. The van der Waals surface area contributed by atoms with E-state index in [1.165, 1.54) is 6.07 Å². The van der Waals surface area contributed by atoms with Crippen LogP contribution in [-0.4, -0.2) is 58.8 Å². The standard InChI is InChI=1S/C13H16FNO4S/c14-11-2-1-10(13(16)17)9-12(11)20(18)8-5-15-3-6-19-7-4-15/h1-2,9H,3-8H2,(H,16,17). The molecule has 0 aromatic heterocycles. The van der Waals surface area contributed by atoms with Crippen molar-refractivity contribution in [1.29, 1.82) is 0 Å². The number of carboxylic acid groups (broad SMARTS) is 1. The highest BCUT2D eigenvalue weighted by atomic mass is 32.2. The van der Waals surface area contributed by atoms with Crippen LogP contribution in [0.2, 0.25) is 0 Å². The summed E-state index contributed by atoms with van der Waals surface area (Å²) in [6.45, 7) is 3.42. The lowest BCUT2D eigenvalue weighted by molar-refractivity contribution is 0.0409. The number of morpholine rings is 1. The number of rotatable bonds is 5. The van der Waals surface area contributed by atoms with Crippen LogP contribution in [-0.2, 0) is 15.5 Å². The molecule has 1 saturated heterocycles. The average molecular weight is 301 g/mol. The number of halogens is 1. The molecule has 1 aromatic rings. The van der Waals surface area contributed by atoms with E-state index >= 15 is 0 Å². The largest absolute Gasteiger partial charge is 0.478 e.